The van der Waals surface area contributed by atoms with Crippen molar-refractivity contribution in [3.63, 3.8) is 0 Å². The summed E-state index contributed by atoms with van der Waals surface area (Å²) in [4.78, 5) is 24.2. The van der Waals surface area contributed by atoms with Crippen LogP contribution in [0.25, 0.3) is 11.0 Å². The van der Waals surface area contributed by atoms with E-state index in [1.807, 2.05) is 0 Å². The fraction of sp³-hybridized carbons (Fsp3) is 0.158. The van der Waals surface area contributed by atoms with Gasteiger partial charge in [-0.1, -0.05) is 12.1 Å². The standard InChI is InChI=1S/C19H15ClO6/c1-11(20)19(22)25-12-7-8-13-16(9-12)24-10-17(18(13)21)26-15-6-4-3-5-14(15)23-2/h3-11H,1-2H3. The van der Waals surface area contributed by atoms with Crippen molar-refractivity contribution in [2.45, 2.75) is 12.3 Å². The second-order valence-corrected chi connectivity index (χ2v) is 6.03. The summed E-state index contributed by atoms with van der Waals surface area (Å²) in [5, 5.41) is -0.495. The first kappa shape index (κ1) is 17.8. The maximum Gasteiger partial charge on any atom is 0.329 e. The molecule has 1 atom stereocenters. The third kappa shape index (κ3) is 3.65. The number of para-hydroxylation sites is 2. The summed E-state index contributed by atoms with van der Waals surface area (Å²) in [5.41, 5.74) is -0.101. The van der Waals surface area contributed by atoms with Crippen LogP contribution in [-0.2, 0) is 4.79 Å². The Bertz CT molecular complexity index is 1010. The molecular weight excluding hydrogens is 360 g/mol. The molecule has 0 amide bonds. The first-order valence-electron chi connectivity index (χ1n) is 7.72. The van der Waals surface area contributed by atoms with Crippen LogP contribution in [-0.4, -0.2) is 18.5 Å². The molecule has 0 saturated heterocycles. The Labute approximate surface area is 153 Å². The lowest BCUT2D eigenvalue weighted by atomic mass is 10.2. The van der Waals surface area contributed by atoms with E-state index in [1.165, 1.54) is 38.5 Å². The lowest BCUT2D eigenvalue weighted by Gasteiger charge is -2.10. The van der Waals surface area contributed by atoms with Gasteiger partial charge in [-0.25, -0.2) is 0 Å². The summed E-state index contributed by atoms with van der Waals surface area (Å²) in [7, 11) is 1.51. The minimum absolute atomic E-state index is 0.0149. The van der Waals surface area contributed by atoms with Gasteiger partial charge in [0.05, 0.1) is 12.5 Å². The van der Waals surface area contributed by atoms with Crippen LogP contribution in [0.5, 0.6) is 23.0 Å². The number of carbonyl (C=O) groups excluding carboxylic acids is 1. The van der Waals surface area contributed by atoms with Crippen LogP contribution in [0, 0.1) is 0 Å². The average Bonchev–Trinajstić information content (AvgIpc) is 2.64. The Morgan fingerprint density at radius 3 is 2.54 bits per heavy atom. The minimum Gasteiger partial charge on any atom is -0.493 e. The molecule has 3 rings (SSSR count). The zero-order valence-corrected chi connectivity index (χ0v) is 14.8. The van der Waals surface area contributed by atoms with E-state index in [9.17, 15) is 9.59 Å². The van der Waals surface area contributed by atoms with Gasteiger partial charge in [-0.05, 0) is 31.2 Å². The van der Waals surface area contributed by atoms with Gasteiger partial charge in [0, 0.05) is 6.07 Å². The summed E-state index contributed by atoms with van der Waals surface area (Å²) in [5.74, 6) is 0.537. The first-order valence-corrected chi connectivity index (χ1v) is 8.15. The van der Waals surface area contributed by atoms with E-state index in [2.05, 4.69) is 0 Å². The molecule has 6 nitrogen and oxygen atoms in total. The molecule has 26 heavy (non-hydrogen) atoms. The molecule has 0 bridgehead atoms. The van der Waals surface area contributed by atoms with Gasteiger partial charge in [0.25, 0.3) is 0 Å². The number of fused-ring (bicyclic) bond motifs is 1. The van der Waals surface area contributed by atoms with Crippen molar-refractivity contribution in [2.75, 3.05) is 7.11 Å². The Balaban J connectivity index is 1.94. The van der Waals surface area contributed by atoms with E-state index in [-0.39, 0.29) is 27.9 Å². The topological polar surface area (TPSA) is 75.0 Å². The summed E-state index contributed by atoms with van der Waals surface area (Å²) in [6.07, 6.45) is 1.20. The first-order chi connectivity index (χ1) is 12.5. The van der Waals surface area contributed by atoms with E-state index in [4.69, 9.17) is 30.2 Å². The largest absolute Gasteiger partial charge is 0.493 e. The van der Waals surface area contributed by atoms with E-state index < -0.39 is 11.3 Å². The highest BCUT2D eigenvalue weighted by Gasteiger charge is 2.15. The number of ether oxygens (including phenoxy) is 3. The molecule has 0 fully saturated rings. The molecule has 1 aromatic heterocycles. The van der Waals surface area contributed by atoms with Crippen LogP contribution in [0.4, 0.5) is 0 Å². The predicted molar refractivity (Wildman–Crippen MR) is 96.5 cm³/mol. The highest BCUT2D eigenvalue weighted by Crippen LogP contribution is 2.30. The fourth-order valence-corrected chi connectivity index (χ4v) is 2.29. The Hall–Kier alpha value is -2.99. The van der Waals surface area contributed by atoms with E-state index in [0.29, 0.717) is 11.5 Å². The van der Waals surface area contributed by atoms with Gasteiger partial charge in [0.1, 0.15) is 23.0 Å². The average molecular weight is 375 g/mol. The molecule has 0 aliphatic heterocycles. The Kier molecular flexibility index (Phi) is 5.14. The summed E-state index contributed by atoms with van der Waals surface area (Å²) in [6, 6.07) is 11.4. The SMILES string of the molecule is COc1ccccc1Oc1coc2cc(OC(=O)C(C)Cl)ccc2c1=O. The molecule has 0 N–H and O–H groups in total. The second kappa shape index (κ2) is 7.49. The highest BCUT2D eigenvalue weighted by molar-refractivity contribution is 6.29. The lowest BCUT2D eigenvalue weighted by Crippen LogP contribution is -2.17. The molecule has 0 spiro atoms. The number of hydrogen-bond acceptors (Lipinski definition) is 6. The molecule has 134 valence electrons. The van der Waals surface area contributed by atoms with Gasteiger partial charge >= 0.3 is 5.97 Å². The molecule has 0 aliphatic rings. The number of hydrogen-bond donors (Lipinski definition) is 0. The van der Waals surface area contributed by atoms with Crippen LogP contribution in [0.1, 0.15) is 6.92 Å². The number of halogens is 1. The normalized spacial score (nSPS) is 11.8. The van der Waals surface area contributed by atoms with Crippen molar-refractivity contribution in [2.24, 2.45) is 0 Å². The Morgan fingerprint density at radius 2 is 1.85 bits per heavy atom. The monoisotopic (exact) mass is 374 g/mol. The second-order valence-electron chi connectivity index (χ2n) is 5.38. The number of alkyl halides is 1. The van der Waals surface area contributed by atoms with Crippen LogP contribution in [0.2, 0.25) is 0 Å². The van der Waals surface area contributed by atoms with Gasteiger partial charge in [-0.3, -0.25) is 9.59 Å². The molecule has 7 heteroatoms. The van der Waals surface area contributed by atoms with Crippen molar-refractivity contribution in [3.8, 4) is 23.0 Å². The highest BCUT2D eigenvalue weighted by atomic mass is 35.5. The van der Waals surface area contributed by atoms with Crippen molar-refractivity contribution in [1.82, 2.24) is 0 Å². The van der Waals surface area contributed by atoms with Crippen molar-refractivity contribution in [3.05, 3.63) is 59.0 Å². The fourth-order valence-electron chi connectivity index (χ4n) is 2.24. The molecule has 0 aliphatic carbocycles. The zero-order chi connectivity index (χ0) is 18.7. The molecule has 0 saturated carbocycles. The quantitative estimate of drug-likeness (QED) is 0.380. The predicted octanol–water partition coefficient (Wildman–Crippen LogP) is 4.13. The Morgan fingerprint density at radius 1 is 1.12 bits per heavy atom. The number of benzene rings is 2. The lowest BCUT2D eigenvalue weighted by molar-refractivity contribution is -0.133. The summed E-state index contributed by atoms with van der Waals surface area (Å²) in [6.45, 7) is 1.51. The van der Waals surface area contributed by atoms with Crippen LogP contribution >= 0.6 is 11.6 Å². The molecular formula is C19H15ClO6. The van der Waals surface area contributed by atoms with Crippen molar-refractivity contribution >= 4 is 28.5 Å². The molecule has 3 aromatic rings. The number of carbonyl (C=O) groups is 1. The number of esters is 1. The van der Waals surface area contributed by atoms with Gasteiger partial charge in [-0.2, -0.15) is 0 Å². The third-order valence-electron chi connectivity index (χ3n) is 3.55. The molecule has 1 unspecified atom stereocenters. The summed E-state index contributed by atoms with van der Waals surface area (Å²) < 4.78 is 21.4. The third-order valence-corrected chi connectivity index (χ3v) is 3.72. The van der Waals surface area contributed by atoms with Gasteiger partial charge in [-0.15, -0.1) is 11.6 Å². The molecule has 1 heterocycles. The van der Waals surface area contributed by atoms with E-state index in [0.717, 1.165) is 0 Å². The van der Waals surface area contributed by atoms with Crippen molar-refractivity contribution in [1.29, 1.82) is 0 Å². The maximum atomic E-state index is 12.6. The van der Waals surface area contributed by atoms with Crippen LogP contribution < -0.4 is 19.6 Å². The van der Waals surface area contributed by atoms with Gasteiger partial charge < -0.3 is 18.6 Å². The number of rotatable bonds is 5. The van der Waals surface area contributed by atoms with Crippen molar-refractivity contribution < 1.29 is 23.4 Å². The smallest absolute Gasteiger partial charge is 0.329 e. The van der Waals surface area contributed by atoms with Gasteiger partial charge in [0.15, 0.2) is 11.5 Å². The summed E-state index contributed by atoms with van der Waals surface area (Å²) >= 11 is 5.67. The number of methoxy groups -OCH3 is 1. The molecule has 2 aromatic carbocycles. The maximum absolute atomic E-state index is 12.6. The van der Waals surface area contributed by atoms with Crippen LogP contribution in [0.3, 0.4) is 0 Å². The van der Waals surface area contributed by atoms with Crippen LogP contribution in [0.15, 0.2) is 57.9 Å². The van der Waals surface area contributed by atoms with E-state index >= 15 is 0 Å². The van der Waals surface area contributed by atoms with E-state index in [1.54, 1.807) is 24.3 Å². The van der Waals surface area contributed by atoms with Gasteiger partial charge in [0.2, 0.25) is 11.2 Å². The zero-order valence-electron chi connectivity index (χ0n) is 14.0. The molecule has 0 radical (unpaired) electrons. The minimum atomic E-state index is -0.783.